The van der Waals surface area contributed by atoms with Gasteiger partial charge in [-0.1, -0.05) is 24.3 Å². The first kappa shape index (κ1) is 12.8. The molecule has 4 nitrogen and oxygen atoms in total. The molecule has 0 spiro atoms. The molecule has 1 unspecified atom stereocenters. The molecule has 1 atom stereocenters. The normalized spacial score (nSPS) is 17.6. The predicted octanol–water partition coefficient (Wildman–Crippen LogP) is 2.06. The minimum absolute atomic E-state index is 0.207. The molecule has 0 saturated carbocycles. The van der Waals surface area contributed by atoms with Crippen molar-refractivity contribution in [1.29, 1.82) is 5.26 Å². The smallest absolute Gasteiger partial charge is 0.259 e. The number of rotatable bonds is 2. The highest BCUT2D eigenvalue weighted by Crippen LogP contribution is 2.19. The topological polar surface area (TPSA) is 61.2 Å². The molecule has 4 heteroatoms. The van der Waals surface area contributed by atoms with Gasteiger partial charge in [-0.3, -0.25) is 14.5 Å². The summed E-state index contributed by atoms with van der Waals surface area (Å²) in [5, 5.41) is 9.21. The van der Waals surface area contributed by atoms with Crippen LogP contribution in [0.1, 0.15) is 17.3 Å². The Kier molecular flexibility index (Phi) is 3.58. The van der Waals surface area contributed by atoms with Crippen molar-refractivity contribution in [3.05, 3.63) is 59.8 Å². The highest BCUT2D eigenvalue weighted by Gasteiger charge is 2.29. The van der Waals surface area contributed by atoms with E-state index >= 15 is 0 Å². The van der Waals surface area contributed by atoms with Crippen LogP contribution in [0.25, 0.3) is 0 Å². The van der Waals surface area contributed by atoms with Crippen LogP contribution >= 0.6 is 0 Å². The van der Waals surface area contributed by atoms with E-state index in [0.29, 0.717) is 11.1 Å². The first-order chi connectivity index (χ1) is 9.15. The molecule has 0 bridgehead atoms. The Morgan fingerprint density at radius 2 is 1.95 bits per heavy atom. The first-order valence-electron chi connectivity index (χ1n) is 5.82. The van der Waals surface area contributed by atoms with Gasteiger partial charge >= 0.3 is 0 Å². The lowest BCUT2D eigenvalue weighted by Gasteiger charge is -2.27. The Labute approximate surface area is 111 Å². The third kappa shape index (κ3) is 2.45. The van der Waals surface area contributed by atoms with Crippen molar-refractivity contribution in [2.75, 3.05) is 0 Å². The fourth-order valence-corrected chi connectivity index (χ4v) is 1.92. The maximum absolute atomic E-state index is 12.3. The molecule has 0 fully saturated rings. The number of Topliss-reactive ketones (excluding diaryl/α,β-unsaturated/α-hetero) is 1. The van der Waals surface area contributed by atoms with Gasteiger partial charge in [-0.15, -0.1) is 0 Å². The maximum Gasteiger partial charge on any atom is 0.259 e. The van der Waals surface area contributed by atoms with Crippen LogP contribution < -0.4 is 0 Å². The second kappa shape index (κ2) is 5.32. The molecule has 1 aromatic carbocycles. The van der Waals surface area contributed by atoms with E-state index in [9.17, 15) is 14.9 Å². The van der Waals surface area contributed by atoms with E-state index in [1.165, 1.54) is 18.0 Å². The Morgan fingerprint density at radius 3 is 2.53 bits per heavy atom. The van der Waals surface area contributed by atoms with Crippen LogP contribution in [0.2, 0.25) is 0 Å². The molecule has 0 saturated heterocycles. The summed E-state index contributed by atoms with van der Waals surface area (Å²) in [5.41, 5.74) is 0.812. The van der Waals surface area contributed by atoms with Crippen LogP contribution in [0.5, 0.6) is 0 Å². The van der Waals surface area contributed by atoms with Crippen LogP contribution in [0.15, 0.2) is 54.3 Å². The van der Waals surface area contributed by atoms with E-state index in [-0.39, 0.29) is 11.7 Å². The van der Waals surface area contributed by atoms with Gasteiger partial charge in [-0.2, -0.15) is 5.26 Å². The third-order valence-corrected chi connectivity index (χ3v) is 2.88. The number of nitriles is 1. The number of ketones is 1. The molecule has 94 valence electrons. The zero-order chi connectivity index (χ0) is 13.8. The van der Waals surface area contributed by atoms with Crippen molar-refractivity contribution in [2.24, 2.45) is 0 Å². The standard InChI is InChI=1S/C15H12N2O2/c1-11(18)13-8-5-9-17(14(13)10-16)15(19)12-6-3-2-4-7-12/h2-9,14H,1H3. The molecule has 1 heterocycles. The molecule has 19 heavy (non-hydrogen) atoms. The molecular formula is C15H12N2O2. The van der Waals surface area contributed by atoms with Crippen LogP contribution in [0.4, 0.5) is 0 Å². The number of hydrogen-bond donors (Lipinski definition) is 0. The van der Waals surface area contributed by atoms with Gasteiger partial charge in [0.05, 0.1) is 6.07 Å². The molecule has 1 amide bonds. The van der Waals surface area contributed by atoms with Crippen LogP contribution in [-0.4, -0.2) is 22.6 Å². The third-order valence-electron chi connectivity index (χ3n) is 2.88. The molecule has 1 aromatic rings. The van der Waals surface area contributed by atoms with Gasteiger partial charge in [0.25, 0.3) is 5.91 Å². The number of carbonyl (C=O) groups excluding carboxylic acids is 2. The van der Waals surface area contributed by atoms with E-state index in [0.717, 1.165) is 0 Å². The Balaban J connectivity index is 2.34. The van der Waals surface area contributed by atoms with Crippen molar-refractivity contribution in [2.45, 2.75) is 13.0 Å². The van der Waals surface area contributed by atoms with Gasteiger partial charge in [0, 0.05) is 17.3 Å². The number of benzene rings is 1. The van der Waals surface area contributed by atoms with E-state index in [1.807, 2.05) is 12.1 Å². The molecule has 0 N–H and O–H groups in total. The van der Waals surface area contributed by atoms with Gasteiger partial charge in [0.15, 0.2) is 11.8 Å². The average molecular weight is 252 g/mol. The number of nitrogens with zero attached hydrogens (tertiary/aromatic N) is 2. The Morgan fingerprint density at radius 1 is 1.26 bits per heavy atom. The second-order valence-electron chi connectivity index (χ2n) is 4.13. The van der Waals surface area contributed by atoms with Crippen LogP contribution in [0.3, 0.4) is 0 Å². The summed E-state index contributed by atoms with van der Waals surface area (Å²) in [7, 11) is 0. The van der Waals surface area contributed by atoms with E-state index < -0.39 is 6.04 Å². The van der Waals surface area contributed by atoms with Crippen molar-refractivity contribution in [3.63, 3.8) is 0 Å². The minimum atomic E-state index is -0.866. The summed E-state index contributed by atoms with van der Waals surface area (Å²) in [6, 6.07) is 9.81. The largest absolute Gasteiger partial charge is 0.295 e. The highest BCUT2D eigenvalue weighted by atomic mass is 16.2. The second-order valence-corrected chi connectivity index (χ2v) is 4.13. The fraction of sp³-hybridized carbons (Fsp3) is 0.133. The lowest BCUT2D eigenvalue weighted by molar-refractivity contribution is -0.114. The Hall–Kier alpha value is -2.67. The minimum Gasteiger partial charge on any atom is -0.295 e. The summed E-state index contributed by atoms with van der Waals surface area (Å²) in [5.74, 6) is -0.503. The monoisotopic (exact) mass is 252 g/mol. The van der Waals surface area contributed by atoms with Gasteiger partial charge in [-0.05, 0) is 25.1 Å². The van der Waals surface area contributed by atoms with E-state index in [2.05, 4.69) is 0 Å². The van der Waals surface area contributed by atoms with Crippen LogP contribution in [0, 0.1) is 11.3 Å². The number of carbonyl (C=O) groups is 2. The fourth-order valence-electron chi connectivity index (χ4n) is 1.92. The average Bonchev–Trinajstić information content (AvgIpc) is 2.46. The molecule has 2 rings (SSSR count). The number of amides is 1. The summed E-state index contributed by atoms with van der Waals surface area (Å²) in [4.78, 5) is 25.1. The van der Waals surface area contributed by atoms with E-state index in [4.69, 9.17) is 0 Å². The molecule has 0 aliphatic carbocycles. The van der Waals surface area contributed by atoms with Crippen LogP contribution in [-0.2, 0) is 4.79 Å². The van der Waals surface area contributed by atoms with Crippen molar-refractivity contribution < 1.29 is 9.59 Å². The maximum atomic E-state index is 12.3. The zero-order valence-electron chi connectivity index (χ0n) is 10.4. The van der Waals surface area contributed by atoms with Crippen molar-refractivity contribution in [1.82, 2.24) is 4.90 Å². The number of hydrogen-bond acceptors (Lipinski definition) is 3. The Bertz CT molecular complexity index is 609. The molecule has 1 aliphatic rings. The molecule has 0 aromatic heterocycles. The first-order valence-corrected chi connectivity index (χ1v) is 5.82. The SMILES string of the molecule is CC(=O)C1=CC=CN(C(=O)c2ccccc2)C1C#N. The van der Waals surface area contributed by atoms with Gasteiger partial charge in [0.1, 0.15) is 0 Å². The molecular weight excluding hydrogens is 240 g/mol. The van der Waals surface area contributed by atoms with Gasteiger partial charge in [0.2, 0.25) is 0 Å². The number of allylic oxidation sites excluding steroid dienone is 2. The summed E-state index contributed by atoms with van der Waals surface area (Å²) >= 11 is 0. The van der Waals surface area contributed by atoms with Gasteiger partial charge in [-0.25, -0.2) is 0 Å². The summed E-state index contributed by atoms with van der Waals surface area (Å²) in [6.45, 7) is 1.39. The van der Waals surface area contributed by atoms with Crippen molar-refractivity contribution in [3.8, 4) is 6.07 Å². The lowest BCUT2D eigenvalue weighted by atomic mass is 9.99. The quantitative estimate of drug-likeness (QED) is 0.809. The summed E-state index contributed by atoms with van der Waals surface area (Å²) < 4.78 is 0. The van der Waals surface area contributed by atoms with Gasteiger partial charge < -0.3 is 0 Å². The predicted molar refractivity (Wildman–Crippen MR) is 69.9 cm³/mol. The summed E-state index contributed by atoms with van der Waals surface area (Å²) in [6.07, 6.45) is 4.70. The molecule has 1 aliphatic heterocycles. The van der Waals surface area contributed by atoms with E-state index in [1.54, 1.807) is 36.4 Å². The lowest BCUT2D eigenvalue weighted by Crippen LogP contribution is -2.39. The highest BCUT2D eigenvalue weighted by molar-refractivity contribution is 6.00. The van der Waals surface area contributed by atoms with Crippen molar-refractivity contribution >= 4 is 11.7 Å². The molecule has 0 radical (unpaired) electrons. The zero-order valence-corrected chi connectivity index (χ0v) is 10.4.